The standard InChI is InChI=1S/C10H8FNO2S/c11-9-4-2-1-3-8(9)7-5-10(12)15(13,14)6-7/h1-6H,12H2. The van der Waals surface area contributed by atoms with E-state index < -0.39 is 15.7 Å². The fourth-order valence-corrected chi connectivity index (χ4v) is 2.30. The molecule has 0 amide bonds. The summed E-state index contributed by atoms with van der Waals surface area (Å²) in [4.78, 5) is 0. The van der Waals surface area contributed by atoms with Crippen LogP contribution < -0.4 is 5.73 Å². The molecule has 0 saturated heterocycles. The summed E-state index contributed by atoms with van der Waals surface area (Å²) in [5, 5.41) is 0.724. The summed E-state index contributed by atoms with van der Waals surface area (Å²) in [5.41, 5.74) is 5.81. The third-order valence-corrected chi connectivity index (χ3v) is 3.43. The first kappa shape index (κ1) is 9.92. The van der Waals surface area contributed by atoms with Gasteiger partial charge in [0.1, 0.15) is 10.8 Å². The van der Waals surface area contributed by atoms with Gasteiger partial charge in [-0.25, -0.2) is 12.8 Å². The lowest BCUT2D eigenvalue weighted by molar-refractivity contribution is 0.610. The second-order valence-corrected chi connectivity index (χ2v) is 4.94. The van der Waals surface area contributed by atoms with Crippen LogP contribution in [0.1, 0.15) is 5.56 Å². The van der Waals surface area contributed by atoms with Crippen molar-refractivity contribution in [3.05, 3.63) is 52.2 Å². The topological polar surface area (TPSA) is 60.2 Å². The third-order valence-electron chi connectivity index (χ3n) is 2.09. The molecule has 2 rings (SSSR count). The highest BCUT2D eigenvalue weighted by molar-refractivity contribution is 7.98. The summed E-state index contributed by atoms with van der Waals surface area (Å²) >= 11 is 0. The molecule has 0 unspecified atom stereocenters. The Hall–Kier alpha value is -1.62. The fourth-order valence-electron chi connectivity index (χ4n) is 1.34. The van der Waals surface area contributed by atoms with Crippen LogP contribution in [0.25, 0.3) is 5.57 Å². The molecule has 0 fully saturated rings. The zero-order valence-electron chi connectivity index (χ0n) is 7.64. The van der Waals surface area contributed by atoms with Gasteiger partial charge in [-0.15, -0.1) is 0 Å². The van der Waals surface area contributed by atoms with Gasteiger partial charge in [0.05, 0.1) is 0 Å². The van der Waals surface area contributed by atoms with Gasteiger partial charge in [0.25, 0.3) is 0 Å². The van der Waals surface area contributed by atoms with Crippen molar-refractivity contribution in [2.24, 2.45) is 5.73 Å². The number of nitrogens with two attached hydrogens (primary N) is 1. The van der Waals surface area contributed by atoms with E-state index in [0.29, 0.717) is 0 Å². The van der Waals surface area contributed by atoms with E-state index in [1.807, 2.05) is 0 Å². The molecule has 1 aliphatic rings. The van der Waals surface area contributed by atoms with Gasteiger partial charge in [0.2, 0.25) is 9.84 Å². The van der Waals surface area contributed by atoms with Crippen LogP contribution in [0.5, 0.6) is 0 Å². The second-order valence-electron chi connectivity index (χ2n) is 3.14. The molecule has 2 N–H and O–H groups in total. The Morgan fingerprint density at radius 3 is 2.40 bits per heavy atom. The molecule has 0 radical (unpaired) electrons. The summed E-state index contributed by atoms with van der Waals surface area (Å²) in [7, 11) is -3.53. The van der Waals surface area contributed by atoms with Crippen molar-refractivity contribution in [2.75, 3.05) is 0 Å². The molecule has 0 spiro atoms. The van der Waals surface area contributed by atoms with Crippen LogP contribution in [0.2, 0.25) is 0 Å². The molecule has 3 nitrogen and oxygen atoms in total. The highest BCUT2D eigenvalue weighted by atomic mass is 32.2. The van der Waals surface area contributed by atoms with Gasteiger partial charge in [-0.05, 0) is 17.7 Å². The lowest BCUT2D eigenvalue weighted by Crippen LogP contribution is -2.04. The molecule has 0 atom stereocenters. The van der Waals surface area contributed by atoms with Gasteiger partial charge in [0.15, 0.2) is 0 Å². The van der Waals surface area contributed by atoms with E-state index in [9.17, 15) is 12.8 Å². The van der Waals surface area contributed by atoms with Crippen molar-refractivity contribution in [3.8, 4) is 0 Å². The van der Waals surface area contributed by atoms with Gasteiger partial charge >= 0.3 is 0 Å². The number of sulfone groups is 1. The lowest BCUT2D eigenvalue weighted by Gasteiger charge is -1.99. The first-order valence-electron chi connectivity index (χ1n) is 4.19. The number of halogens is 1. The van der Waals surface area contributed by atoms with E-state index in [4.69, 9.17) is 5.73 Å². The van der Waals surface area contributed by atoms with Crippen LogP contribution in [-0.4, -0.2) is 8.42 Å². The monoisotopic (exact) mass is 225 g/mol. The molecule has 1 aromatic rings. The zero-order valence-corrected chi connectivity index (χ0v) is 8.46. The van der Waals surface area contributed by atoms with Crippen LogP contribution in [0, 0.1) is 5.82 Å². The smallest absolute Gasteiger partial charge is 0.215 e. The molecular formula is C10H8FNO2S. The number of rotatable bonds is 1. The first-order valence-corrected chi connectivity index (χ1v) is 5.74. The van der Waals surface area contributed by atoms with Crippen LogP contribution in [0.4, 0.5) is 4.39 Å². The summed E-state index contributed by atoms with van der Waals surface area (Å²) in [6.45, 7) is 0. The van der Waals surface area contributed by atoms with Crippen molar-refractivity contribution in [2.45, 2.75) is 0 Å². The van der Waals surface area contributed by atoms with E-state index in [-0.39, 0.29) is 16.2 Å². The van der Waals surface area contributed by atoms with E-state index >= 15 is 0 Å². The fraction of sp³-hybridized carbons (Fsp3) is 0. The molecule has 1 aromatic carbocycles. The third kappa shape index (κ3) is 1.66. The summed E-state index contributed by atoms with van der Waals surface area (Å²) in [6.07, 6.45) is 1.26. The zero-order chi connectivity index (χ0) is 11.1. The van der Waals surface area contributed by atoms with Crippen molar-refractivity contribution < 1.29 is 12.8 Å². The van der Waals surface area contributed by atoms with E-state index in [2.05, 4.69) is 0 Å². The molecule has 78 valence electrons. The minimum Gasteiger partial charge on any atom is -0.389 e. The number of allylic oxidation sites excluding steroid dienone is 2. The van der Waals surface area contributed by atoms with Gasteiger partial charge < -0.3 is 5.73 Å². The Morgan fingerprint density at radius 2 is 1.87 bits per heavy atom. The largest absolute Gasteiger partial charge is 0.389 e. The molecule has 0 aliphatic carbocycles. The van der Waals surface area contributed by atoms with Crippen LogP contribution in [0.3, 0.4) is 0 Å². The summed E-state index contributed by atoms with van der Waals surface area (Å²) < 4.78 is 35.8. The Kier molecular flexibility index (Phi) is 2.12. The maximum absolute atomic E-state index is 13.3. The summed E-state index contributed by atoms with van der Waals surface area (Å²) in [6, 6.07) is 5.95. The minimum absolute atomic E-state index is 0.238. The molecule has 15 heavy (non-hydrogen) atoms. The first-order chi connectivity index (χ1) is 7.00. The quantitative estimate of drug-likeness (QED) is 0.785. The normalized spacial score (nSPS) is 18.5. The van der Waals surface area contributed by atoms with E-state index in [1.54, 1.807) is 6.07 Å². The molecule has 1 aliphatic heterocycles. The number of benzene rings is 1. The molecular weight excluding hydrogens is 217 g/mol. The Morgan fingerprint density at radius 1 is 1.20 bits per heavy atom. The molecule has 1 heterocycles. The minimum atomic E-state index is -3.53. The molecule has 0 aromatic heterocycles. The average Bonchev–Trinajstić information content (AvgIpc) is 2.42. The van der Waals surface area contributed by atoms with Crippen molar-refractivity contribution in [1.82, 2.24) is 0 Å². The Bertz CT molecular complexity index is 573. The lowest BCUT2D eigenvalue weighted by atomic mass is 10.1. The predicted molar refractivity (Wildman–Crippen MR) is 55.6 cm³/mol. The van der Waals surface area contributed by atoms with Gasteiger partial charge in [-0.1, -0.05) is 18.2 Å². The molecule has 5 heteroatoms. The predicted octanol–water partition coefficient (Wildman–Crippen LogP) is 1.40. The highest BCUT2D eigenvalue weighted by Gasteiger charge is 2.21. The second kappa shape index (κ2) is 3.20. The molecule has 0 saturated carbocycles. The van der Waals surface area contributed by atoms with Gasteiger partial charge in [0, 0.05) is 11.0 Å². The van der Waals surface area contributed by atoms with Crippen molar-refractivity contribution >= 4 is 15.4 Å². The maximum Gasteiger partial charge on any atom is 0.215 e. The SMILES string of the molecule is NC1=CC(c2ccccc2F)=CS1(=O)=O. The number of hydrogen-bond donors (Lipinski definition) is 1. The van der Waals surface area contributed by atoms with Gasteiger partial charge in [-0.3, -0.25) is 0 Å². The van der Waals surface area contributed by atoms with Crippen molar-refractivity contribution in [3.63, 3.8) is 0 Å². The van der Waals surface area contributed by atoms with Crippen LogP contribution in [-0.2, 0) is 9.84 Å². The van der Waals surface area contributed by atoms with E-state index in [1.165, 1.54) is 24.3 Å². The number of hydrogen-bond acceptors (Lipinski definition) is 3. The average molecular weight is 225 g/mol. The molecule has 0 bridgehead atoms. The van der Waals surface area contributed by atoms with Crippen molar-refractivity contribution in [1.29, 1.82) is 0 Å². The summed E-state index contributed by atoms with van der Waals surface area (Å²) in [5.74, 6) is -0.468. The Balaban J connectivity index is 2.58. The van der Waals surface area contributed by atoms with E-state index in [0.717, 1.165) is 5.41 Å². The van der Waals surface area contributed by atoms with Crippen LogP contribution >= 0.6 is 0 Å². The highest BCUT2D eigenvalue weighted by Crippen LogP contribution is 2.27. The van der Waals surface area contributed by atoms with Crippen LogP contribution in [0.15, 0.2) is 40.8 Å². The Labute approximate surface area is 86.6 Å². The maximum atomic E-state index is 13.3. The van der Waals surface area contributed by atoms with Gasteiger partial charge in [-0.2, -0.15) is 0 Å².